The summed E-state index contributed by atoms with van der Waals surface area (Å²) in [4.78, 5) is 17.7. The molecule has 3 atom stereocenters. The van der Waals surface area contributed by atoms with Crippen LogP contribution < -0.4 is 5.73 Å². The normalized spacial score (nSPS) is 27.5. The quantitative estimate of drug-likeness (QED) is 0.913. The number of nitrogens with one attached hydrogen (secondary N) is 1. The minimum atomic E-state index is 0.288. The maximum Gasteiger partial charge on any atom is 0.222 e. The first-order valence-electron chi connectivity index (χ1n) is 8.30. The first kappa shape index (κ1) is 13.8. The number of aryl methyl sites for hydroxylation is 1. The maximum atomic E-state index is 12.4. The summed E-state index contributed by atoms with van der Waals surface area (Å²) >= 11 is 0. The zero-order chi connectivity index (χ0) is 15.1. The van der Waals surface area contributed by atoms with E-state index >= 15 is 0 Å². The zero-order valence-corrected chi connectivity index (χ0v) is 12.8. The first-order valence-corrected chi connectivity index (χ1v) is 8.30. The lowest BCUT2D eigenvalue weighted by atomic mass is 9.98. The van der Waals surface area contributed by atoms with E-state index in [1.54, 1.807) is 0 Å². The number of aromatic amines is 1. The Morgan fingerprint density at radius 2 is 2.18 bits per heavy atom. The molecular formula is C18H23N3O. The largest absolute Gasteiger partial charge is 0.361 e. The Kier molecular flexibility index (Phi) is 3.41. The van der Waals surface area contributed by atoms with E-state index in [4.69, 9.17) is 5.73 Å². The van der Waals surface area contributed by atoms with E-state index in [1.807, 2.05) is 11.1 Å². The first-order chi connectivity index (χ1) is 10.7. The third-order valence-corrected chi connectivity index (χ3v) is 5.51. The molecule has 2 fully saturated rings. The van der Waals surface area contributed by atoms with Gasteiger partial charge in [0.05, 0.1) is 0 Å². The second kappa shape index (κ2) is 5.43. The Morgan fingerprint density at radius 3 is 3.05 bits per heavy atom. The zero-order valence-electron chi connectivity index (χ0n) is 12.8. The SMILES string of the molecule is NC1CCC2CN(C(=O)CCc3ccc4[nH]ccc4c3)CC12. The van der Waals surface area contributed by atoms with Crippen LogP contribution in [0.3, 0.4) is 0 Å². The van der Waals surface area contributed by atoms with Crippen molar-refractivity contribution in [1.29, 1.82) is 0 Å². The molecule has 4 nitrogen and oxygen atoms in total. The van der Waals surface area contributed by atoms with Crippen molar-refractivity contribution in [3.8, 4) is 0 Å². The van der Waals surface area contributed by atoms with Gasteiger partial charge in [-0.15, -0.1) is 0 Å². The van der Waals surface area contributed by atoms with Gasteiger partial charge in [-0.3, -0.25) is 4.79 Å². The number of carbonyl (C=O) groups excluding carboxylic acids is 1. The molecule has 4 heteroatoms. The summed E-state index contributed by atoms with van der Waals surface area (Å²) in [6, 6.07) is 8.76. The minimum Gasteiger partial charge on any atom is -0.361 e. The summed E-state index contributed by atoms with van der Waals surface area (Å²) in [5.41, 5.74) is 8.53. The molecule has 2 aromatic rings. The van der Waals surface area contributed by atoms with Gasteiger partial charge in [0.1, 0.15) is 0 Å². The fourth-order valence-corrected chi connectivity index (χ4v) is 4.18. The maximum absolute atomic E-state index is 12.4. The highest BCUT2D eigenvalue weighted by Crippen LogP contribution is 2.37. The number of nitrogens with zero attached hydrogens (tertiary/aromatic N) is 1. The highest BCUT2D eigenvalue weighted by Gasteiger charge is 2.42. The fourth-order valence-electron chi connectivity index (χ4n) is 4.18. The van der Waals surface area contributed by atoms with Gasteiger partial charge in [0.2, 0.25) is 5.91 Å². The number of hydrogen-bond donors (Lipinski definition) is 2. The molecule has 1 aliphatic heterocycles. The lowest BCUT2D eigenvalue weighted by molar-refractivity contribution is -0.130. The molecule has 1 aromatic carbocycles. The number of rotatable bonds is 3. The van der Waals surface area contributed by atoms with Gasteiger partial charge in [-0.25, -0.2) is 0 Å². The molecule has 1 amide bonds. The monoisotopic (exact) mass is 297 g/mol. The molecule has 2 aliphatic rings. The number of benzene rings is 1. The summed E-state index contributed by atoms with van der Waals surface area (Å²) in [6.07, 6.45) is 5.70. The van der Waals surface area contributed by atoms with Gasteiger partial charge in [0.25, 0.3) is 0 Å². The van der Waals surface area contributed by atoms with Crippen molar-refractivity contribution in [1.82, 2.24) is 9.88 Å². The van der Waals surface area contributed by atoms with Gasteiger partial charge in [-0.1, -0.05) is 6.07 Å². The highest BCUT2D eigenvalue weighted by molar-refractivity contribution is 5.80. The molecule has 4 rings (SSSR count). The number of aromatic nitrogens is 1. The number of amides is 1. The third kappa shape index (κ3) is 2.41. The van der Waals surface area contributed by atoms with Crippen LogP contribution in [0.2, 0.25) is 0 Å². The predicted octanol–water partition coefficient (Wildman–Crippen LogP) is 2.30. The molecule has 1 saturated carbocycles. The number of carbonyl (C=O) groups is 1. The van der Waals surface area contributed by atoms with Crippen LogP contribution in [0.1, 0.15) is 24.8 Å². The van der Waals surface area contributed by atoms with E-state index in [0.29, 0.717) is 24.3 Å². The molecule has 3 unspecified atom stereocenters. The Balaban J connectivity index is 1.36. The summed E-state index contributed by atoms with van der Waals surface area (Å²) in [5, 5.41) is 1.21. The molecular weight excluding hydrogens is 274 g/mol. The van der Waals surface area contributed by atoms with Crippen LogP contribution in [0, 0.1) is 11.8 Å². The summed E-state index contributed by atoms with van der Waals surface area (Å²) in [6.45, 7) is 1.80. The van der Waals surface area contributed by atoms with E-state index < -0.39 is 0 Å². The van der Waals surface area contributed by atoms with E-state index in [2.05, 4.69) is 29.2 Å². The smallest absolute Gasteiger partial charge is 0.222 e. The molecule has 22 heavy (non-hydrogen) atoms. The van der Waals surface area contributed by atoms with Crippen molar-refractivity contribution < 1.29 is 4.79 Å². The molecule has 0 bridgehead atoms. The van der Waals surface area contributed by atoms with Crippen LogP contribution in [0.4, 0.5) is 0 Å². The minimum absolute atomic E-state index is 0.288. The molecule has 3 N–H and O–H groups in total. The van der Waals surface area contributed by atoms with Crippen LogP contribution in [-0.4, -0.2) is 34.9 Å². The van der Waals surface area contributed by atoms with Crippen molar-refractivity contribution in [2.75, 3.05) is 13.1 Å². The second-order valence-corrected chi connectivity index (χ2v) is 6.86. The van der Waals surface area contributed by atoms with E-state index in [0.717, 1.165) is 31.4 Å². The summed E-state index contributed by atoms with van der Waals surface area (Å²) in [7, 11) is 0. The van der Waals surface area contributed by atoms with Gasteiger partial charge < -0.3 is 15.6 Å². The van der Waals surface area contributed by atoms with Crippen LogP contribution in [0.5, 0.6) is 0 Å². The van der Waals surface area contributed by atoms with Crippen LogP contribution in [-0.2, 0) is 11.2 Å². The Morgan fingerprint density at radius 1 is 1.27 bits per heavy atom. The third-order valence-electron chi connectivity index (χ3n) is 5.51. The number of likely N-dealkylation sites (tertiary alicyclic amines) is 1. The Bertz CT molecular complexity index is 692. The van der Waals surface area contributed by atoms with Crippen molar-refractivity contribution in [2.45, 2.75) is 31.7 Å². The second-order valence-electron chi connectivity index (χ2n) is 6.86. The van der Waals surface area contributed by atoms with Gasteiger partial charge >= 0.3 is 0 Å². The van der Waals surface area contributed by atoms with Crippen LogP contribution in [0.25, 0.3) is 10.9 Å². The number of H-pyrrole nitrogens is 1. The predicted molar refractivity (Wildman–Crippen MR) is 87.4 cm³/mol. The van der Waals surface area contributed by atoms with E-state index in [9.17, 15) is 4.79 Å². The highest BCUT2D eigenvalue weighted by atomic mass is 16.2. The lowest BCUT2D eigenvalue weighted by Gasteiger charge is -2.18. The van der Waals surface area contributed by atoms with Crippen LogP contribution >= 0.6 is 0 Å². The average Bonchev–Trinajstić information content (AvgIpc) is 3.21. The summed E-state index contributed by atoms with van der Waals surface area (Å²) < 4.78 is 0. The Hall–Kier alpha value is -1.81. The van der Waals surface area contributed by atoms with Crippen molar-refractivity contribution >= 4 is 16.8 Å². The Labute approximate surface area is 130 Å². The molecule has 116 valence electrons. The van der Waals surface area contributed by atoms with E-state index in [-0.39, 0.29) is 5.91 Å². The standard InChI is InChI=1S/C18H23N3O/c19-16-4-3-14-10-21(11-15(14)16)18(22)6-2-12-1-5-17-13(9-12)7-8-20-17/h1,5,7-9,14-16,20H,2-4,6,10-11,19H2. The van der Waals surface area contributed by atoms with Crippen molar-refractivity contribution in [3.05, 3.63) is 36.0 Å². The van der Waals surface area contributed by atoms with Crippen LogP contribution in [0.15, 0.2) is 30.5 Å². The van der Waals surface area contributed by atoms with E-state index in [1.165, 1.54) is 17.4 Å². The number of hydrogen-bond acceptors (Lipinski definition) is 2. The van der Waals surface area contributed by atoms with Gasteiger partial charge in [0, 0.05) is 37.3 Å². The molecule has 0 radical (unpaired) electrons. The molecule has 1 saturated heterocycles. The topological polar surface area (TPSA) is 62.1 Å². The molecule has 0 spiro atoms. The number of nitrogens with two attached hydrogens (primary N) is 1. The molecule has 1 aliphatic carbocycles. The fraction of sp³-hybridized carbons (Fsp3) is 0.500. The van der Waals surface area contributed by atoms with Crippen molar-refractivity contribution in [2.24, 2.45) is 17.6 Å². The molecule has 2 heterocycles. The lowest BCUT2D eigenvalue weighted by Crippen LogP contribution is -2.33. The van der Waals surface area contributed by atoms with Crippen molar-refractivity contribution in [3.63, 3.8) is 0 Å². The van der Waals surface area contributed by atoms with Gasteiger partial charge in [0.15, 0.2) is 0 Å². The molecule has 1 aromatic heterocycles. The average molecular weight is 297 g/mol. The number of fused-ring (bicyclic) bond motifs is 2. The van der Waals surface area contributed by atoms with Gasteiger partial charge in [-0.05, 0) is 60.2 Å². The van der Waals surface area contributed by atoms with Gasteiger partial charge in [-0.2, -0.15) is 0 Å². The summed E-state index contributed by atoms with van der Waals surface area (Å²) in [5.74, 6) is 1.48.